The fourth-order valence-electron chi connectivity index (χ4n) is 3.07. The molecule has 0 fully saturated rings. The summed E-state index contributed by atoms with van der Waals surface area (Å²) in [5.74, 6) is 3.02. The van der Waals surface area contributed by atoms with Crippen molar-refractivity contribution < 1.29 is 9.21 Å². The van der Waals surface area contributed by atoms with E-state index in [4.69, 9.17) is 4.42 Å². The lowest BCUT2D eigenvalue weighted by Crippen LogP contribution is -2.25. The highest BCUT2D eigenvalue weighted by Crippen LogP contribution is 2.20. The van der Waals surface area contributed by atoms with Gasteiger partial charge in [0.05, 0.1) is 6.54 Å². The van der Waals surface area contributed by atoms with Crippen LogP contribution in [0.15, 0.2) is 22.6 Å². The minimum absolute atomic E-state index is 0.253. The summed E-state index contributed by atoms with van der Waals surface area (Å²) in [6, 6.07) is 5.39. The second-order valence-corrected chi connectivity index (χ2v) is 6.25. The largest absolute Gasteiger partial charge is 0.460 e. The highest BCUT2D eigenvalue weighted by atomic mass is 16.3. The van der Waals surface area contributed by atoms with Crippen LogP contribution in [-0.4, -0.2) is 30.9 Å². The number of carbonyl (C=O) groups is 1. The Bertz CT molecular complexity index is 891. The number of nitrogens with zero attached hydrogens (tertiary/aromatic N) is 4. The Labute approximate surface area is 144 Å². The Morgan fingerprint density at radius 2 is 2.24 bits per heavy atom. The maximum absolute atomic E-state index is 12.3. The summed E-state index contributed by atoms with van der Waals surface area (Å²) in [5.41, 5.74) is 0.995. The van der Waals surface area contributed by atoms with Gasteiger partial charge in [0.2, 0.25) is 0 Å². The summed E-state index contributed by atoms with van der Waals surface area (Å²) in [5, 5.41) is 18.2. The van der Waals surface area contributed by atoms with Crippen LogP contribution < -0.4 is 5.32 Å². The molecule has 8 nitrogen and oxygen atoms in total. The van der Waals surface area contributed by atoms with Crippen LogP contribution in [0.4, 0.5) is 0 Å². The van der Waals surface area contributed by atoms with Crippen molar-refractivity contribution in [2.24, 2.45) is 0 Å². The summed E-state index contributed by atoms with van der Waals surface area (Å²) in [6.07, 6.45) is 4.42. The number of furan rings is 1. The third kappa shape index (κ3) is 3.19. The summed E-state index contributed by atoms with van der Waals surface area (Å²) in [7, 11) is 0. The Morgan fingerprint density at radius 3 is 3.08 bits per heavy atom. The van der Waals surface area contributed by atoms with E-state index >= 15 is 0 Å². The van der Waals surface area contributed by atoms with Crippen LogP contribution in [0, 0.1) is 6.92 Å². The molecule has 0 bridgehead atoms. The first kappa shape index (κ1) is 15.6. The molecule has 4 heterocycles. The van der Waals surface area contributed by atoms with E-state index in [2.05, 4.69) is 30.3 Å². The molecule has 1 aliphatic rings. The molecule has 0 aromatic carbocycles. The van der Waals surface area contributed by atoms with E-state index in [1.54, 1.807) is 6.07 Å². The minimum atomic E-state index is -0.253. The molecule has 0 unspecified atom stereocenters. The Morgan fingerprint density at radius 1 is 1.32 bits per heavy atom. The van der Waals surface area contributed by atoms with Gasteiger partial charge in [-0.1, -0.05) is 6.42 Å². The molecule has 0 radical (unpaired) electrons. The van der Waals surface area contributed by atoms with Gasteiger partial charge in [-0.05, 0) is 31.9 Å². The van der Waals surface area contributed by atoms with Crippen LogP contribution in [0.1, 0.15) is 47.2 Å². The number of rotatable bonds is 4. The van der Waals surface area contributed by atoms with E-state index in [-0.39, 0.29) is 5.91 Å². The van der Waals surface area contributed by atoms with Crippen molar-refractivity contribution in [1.82, 2.24) is 30.3 Å². The zero-order valence-corrected chi connectivity index (χ0v) is 14.1. The lowest BCUT2D eigenvalue weighted by Gasteiger charge is -2.07. The van der Waals surface area contributed by atoms with Crippen LogP contribution in [0.5, 0.6) is 0 Å². The Hall–Kier alpha value is -2.90. The first-order chi connectivity index (χ1) is 12.2. The monoisotopic (exact) mass is 340 g/mol. The maximum atomic E-state index is 12.3. The summed E-state index contributed by atoms with van der Waals surface area (Å²) in [6.45, 7) is 3.13. The Kier molecular flexibility index (Phi) is 4.09. The van der Waals surface area contributed by atoms with E-state index in [9.17, 15) is 4.79 Å². The number of hydrogen-bond acceptors (Lipinski definition) is 5. The molecule has 4 rings (SSSR count). The van der Waals surface area contributed by atoms with Gasteiger partial charge in [0.25, 0.3) is 5.91 Å². The number of aromatic amines is 1. The van der Waals surface area contributed by atoms with Crippen molar-refractivity contribution >= 4 is 5.91 Å². The van der Waals surface area contributed by atoms with Crippen LogP contribution in [0.3, 0.4) is 0 Å². The molecule has 2 N–H and O–H groups in total. The van der Waals surface area contributed by atoms with Gasteiger partial charge in [-0.25, -0.2) is 0 Å². The second-order valence-electron chi connectivity index (χ2n) is 6.25. The summed E-state index contributed by atoms with van der Waals surface area (Å²) >= 11 is 0. The van der Waals surface area contributed by atoms with Crippen LogP contribution in [-0.2, 0) is 19.5 Å². The van der Waals surface area contributed by atoms with Crippen LogP contribution in [0.2, 0.25) is 0 Å². The fourth-order valence-corrected chi connectivity index (χ4v) is 3.07. The fraction of sp³-hybridized carbons (Fsp3) is 0.412. The molecule has 130 valence electrons. The normalized spacial score (nSPS) is 14.1. The SMILES string of the molecule is Cc1ccc(-c2cc(C(=O)NCc3nnc4n3CCCCC4)n[nH]2)o1. The average molecular weight is 340 g/mol. The van der Waals surface area contributed by atoms with Gasteiger partial charge in [0.1, 0.15) is 17.3 Å². The highest BCUT2D eigenvalue weighted by molar-refractivity contribution is 5.93. The maximum Gasteiger partial charge on any atom is 0.272 e. The molecule has 0 saturated heterocycles. The topological polar surface area (TPSA) is 102 Å². The van der Waals surface area contributed by atoms with Crippen LogP contribution >= 0.6 is 0 Å². The Balaban J connectivity index is 1.43. The molecule has 1 aliphatic heterocycles. The van der Waals surface area contributed by atoms with E-state index in [1.807, 2.05) is 19.1 Å². The van der Waals surface area contributed by atoms with Crippen molar-refractivity contribution in [2.75, 3.05) is 0 Å². The molecule has 1 amide bonds. The molecular formula is C17H20N6O2. The standard InChI is InChI=1S/C17H20N6O2/c1-11-6-7-14(25-11)12-9-13(20-19-12)17(24)18-10-16-22-21-15-5-3-2-4-8-23(15)16/h6-7,9H,2-5,8,10H2,1H3,(H,18,24)(H,19,20). The lowest BCUT2D eigenvalue weighted by atomic mass is 10.2. The van der Waals surface area contributed by atoms with Gasteiger partial charge in [-0.2, -0.15) is 5.10 Å². The molecule has 3 aromatic rings. The zero-order chi connectivity index (χ0) is 17.2. The predicted molar refractivity (Wildman–Crippen MR) is 89.8 cm³/mol. The third-order valence-electron chi connectivity index (χ3n) is 4.41. The third-order valence-corrected chi connectivity index (χ3v) is 4.41. The van der Waals surface area contributed by atoms with Crippen molar-refractivity contribution in [3.63, 3.8) is 0 Å². The molecule has 0 aliphatic carbocycles. The quantitative estimate of drug-likeness (QED) is 0.758. The first-order valence-electron chi connectivity index (χ1n) is 8.52. The molecule has 0 spiro atoms. The van der Waals surface area contributed by atoms with E-state index in [0.29, 0.717) is 23.7 Å². The van der Waals surface area contributed by atoms with Gasteiger partial charge < -0.3 is 14.3 Å². The molecular weight excluding hydrogens is 320 g/mol. The van der Waals surface area contributed by atoms with Crippen molar-refractivity contribution in [3.8, 4) is 11.5 Å². The lowest BCUT2D eigenvalue weighted by molar-refractivity contribution is 0.0944. The van der Waals surface area contributed by atoms with Crippen LogP contribution in [0.25, 0.3) is 11.5 Å². The number of fused-ring (bicyclic) bond motifs is 1. The summed E-state index contributed by atoms with van der Waals surface area (Å²) in [4.78, 5) is 12.3. The molecule has 0 saturated carbocycles. The minimum Gasteiger partial charge on any atom is -0.460 e. The van der Waals surface area contributed by atoms with E-state index in [1.165, 1.54) is 6.42 Å². The highest BCUT2D eigenvalue weighted by Gasteiger charge is 2.17. The number of hydrogen-bond donors (Lipinski definition) is 2. The van der Waals surface area contributed by atoms with Gasteiger partial charge in [-0.15, -0.1) is 10.2 Å². The number of amides is 1. The van der Waals surface area contributed by atoms with Gasteiger partial charge in [0, 0.05) is 19.0 Å². The molecule has 0 atom stereocenters. The summed E-state index contributed by atoms with van der Waals surface area (Å²) < 4.78 is 7.65. The second kappa shape index (κ2) is 6.54. The average Bonchev–Trinajstić information content (AvgIpc) is 3.30. The smallest absolute Gasteiger partial charge is 0.272 e. The molecule has 8 heteroatoms. The van der Waals surface area contributed by atoms with Crippen molar-refractivity contribution in [3.05, 3.63) is 41.3 Å². The predicted octanol–water partition coefficient (Wildman–Crippen LogP) is 2.23. The van der Waals surface area contributed by atoms with Crippen molar-refractivity contribution in [1.29, 1.82) is 0 Å². The molecule has 25 heavy (non-hydrogen) atoms. The van der Waals surface area contributed by atoms with E-state index in [0.717, 1.165) is 43.2 Å². The van der Waals surface area contributed by atoms with E-state index < -0.39 is 0 Å². The first-order valence-corrected chi connectivity index (χ1v) is 8.52. The zero-order valence-electron chi connectivity index (χ0n) is 14.1. The number of H-pyrrole nitrogens is 1. The number of nitrogens with one attached hydrogen (secondary N) is 2. The number of aryl methyl sites for hydroxylation is 2. The molecule has 3 aromatic heterocycles. The van der Waals surface area contributed by atoms with Crippen molar-refractivity contribution in [2.45, 2.75) is 45.7 Å². The van der Waals surface area contributed by atoms with Gasteiger partial charge in [0.15, 0.2) is 17.3 Å². The number of carbonyl (C=O) groups excluding carboxylic acids is 1. The van der Waals surface area contributed by atoms with Gasteiger partial charge >= 0.3 is 0 Å². The van der Waals surface area contributed by atoms with Gasteiger partial charge in [-0.3, -0.25) is 9.89 Å². The number of aromatic nitrogens is 5.